The molecule has 2 N–H and O–H groups in total. The number of carbonyl (C=O) groups is 1. The highest BCUT2D eigenvalue weighted by atomic mass is 16.2. The number of aromatic nitrogens is 1. The van der Waals surface area contributed by atoms with Gasteiger partial charge in [0.15, 0.2) is 0 Å². The monoisotopic (exact) mass is 261 g/mol. The molecule has 1 amide bonds. The molecule has 2 heterocycles. The van der Waals surface area contributed by atoms with E-state index in [1.165, 1.54) is 5.56 Å². The van der Waals surface area contributed by atoms with Crippen LogP contribution in [0.5, 0.6) is 0 Å². The summed E-state index contributed by atoms with van der Waals surface area (Å²) in [4.78, 5) is 18.2. The summed E-state index contributed by atoms with van der Waals surface area (Å²) in [5.74, 6) is 0.229. The summed E-state index contributed by atoms with van der Waals surface area (Å²) in [7, 11) is 0. The van der Waals surface area contributed by atoms with E-state index in [1.807, 2.05) is 17.0 Å². The molecule has 1 aliphatic heterocycles. The number of aryl methyl sites for hydroxylation is 1. The molecule has 2 rings (SSSR count). The average molecular weight is 261 g/mol. The highest BCUT2D eigenvalue weighted by Crippen LogP contribution is 2.28. The minimum atomic E-state index is -0.0901. The van der Waals surface area contributed by atoms with Crippen molar-refractivity contribution in [1.29, 1.82) is 0 Å². The van der Waals surface area contributed by atoms with E-state index in [2.05, 4.69) is 18.8 Å². The molecule has 0 aliphatic carbocycles. The minimum Gasteiger partial charge on any atom is -0.336 e. The number of nitrogens with two attached hydrogens (primary N) is 1. The van der Waals surface area contributed by atoms with Gasteiger partial charge >= 0.3 is 0 Å². The molecule has 0 radical (unpaired) electrons. The number of hydrogen-bond donors (Lipinski definition) is 1. The number of rotatable bonds is 4. The van der Waals surface area contributed by atoms with Gasteiger partial charge in [0.2, 0.25) is 5.91 Å². The SMILES string of the molecule is CC1(C)CC(N)CN1C(=O)CCCc1ccncc1. The van der Waals surface area contributed by atoms with E-state index in [4.69, 9.17) is 5.73 Å². The first kappa shape index (κ1) is 14.0. The number of hydrogen-bond acceptors (Lipinski definition) is 3. The molecule has 104 valence electrons. The van der Waals surface area contributed by atoms with Gasteiger partial charge in [-0.05, 0) is 50.8 Å². The third kappa shape index (κ3) is 3.53. The Labute approximate surface area is 115 Å². The van der Waals surface area contributed by atoms with Crippen molar-refractivity contribution in [1.82, 2.24) is 9.88 Å². The lowest BCUT2D eigenvalue weighted by Crippen LogP contribution is -2.42. The molecule has 1 atom stereocenters. The summed E-state index contributed by atoms with van der Waals surface area (Å²) >= 11 is 0. The Hall–Kier alpha value is -1.42. The van der Waals surface area contributed by atoms with Crippen molar-refractivity contribution in [3.63, 3.8) is 0 Å². The number of nitrogens with zero attached hydrogens (tertiary/aromatic N) is 2. The second kappa shape index (κ2) is 5.70. The molecule has 4 heteroatoms. The quantitative estimate of drug-likeness (QED) is 0.898. The molecule has 19 heavy (non-hydrogen) atoms. The van der Waals surface area contributed by atoms with Gasteiger partial charge in [0.1, 0.15) is 0 Å². The Balaban J connectivity index is 1.82. The van der Waals surface area contributed by atoms with Crippen LogP contribution in [0.15, 0.2) is 24.5 Å². The van der Waals surface area contributed by atoms with Gasteiger partial charge in [0.25, 0.3) is 0 Å². The Bertz CT molecular complexity index is 430. The second-order valence-corrected chi connectivity index (χ2v) is 5.99. The van der Waals surface area contributed by atoms with Crippen molar-refractivity contribution in [2.75, 3.05) is 6.54 Å². The van der Waals surface area contributed by atoms with Crippen molar-refractivity contribution in [3.8, 4) is 0 Å². The summed E-state index contributed by atoms with van der Waals surface area (Å²) in [5.41, 5.74) is 7.10. The van der Waals surface area contributed by atoms with Gasteiger partial charge in [-0.2, -0.15) is 0 Å². The molecule has 1 saturated heterocycles. The molecule has 0 aromatic carbocycles. The van der Waals surface area contributed by atoms with Crippen molar-refractivity contribution < 1.29 is 4.79 Å². The molecule has 0 bridgehead atoms. The van der Waals surface area contributed by atoms with Gasteiger partial charge in [0, 0.05) is 36.9 Å². The lowest BCUT2D eigenvalue weighted by molar-refractivity contribution is -0.134. The second-order valence-electron chi connectivity index (χ2n) is 5.99. The maximum Gasteiger partial charge on any atom is 0.223 e. The van der Waals surface area contributed by atoms with Gasteiger partial charge in [-0.1, -0.05) is 0 Å². The Kier molecular flexibility index (Phi) is 4.20. The van der Waals surface area contributed by atoms with E-state index in [0.29, 0.717) is 13.0 Å². The van der Waals surface area contributed by atoms with Crippen molar-refractivity contribution in [2.24, 2.45) is 5.73 Å². The molecule has 1 unspecified atom stereocenters. The van der Waals surface area contributed by atoms with Crippen LogP contribution in [0.4, 0.5) is 0 Å². The van der Waals surface area contributed by atoms with Crippen molar-refractivity contribution >= 4 is 5.91 Å². The summed E-state index contributed by atoms with van der Waals surface area (Å²) in [6.07, 6.45) is 6.88. The first-order valence-corrected chi connectivity index (χ1v) is 6.94. The van der Waals surface area contributed by atoms with Gasteiger partial charge in [-0.3, -0.25) is 9.78 Å². The van der Waals surface area contributed by atoms with Gasteiger partial charge < -0.3 is 10.6 Å². The Morgan fingerprint density at radius 1 is 1.47 bits per heavy atom. The third-order valence-corrected chi connectivity index (χ3v) is 3.82. The topological polar surface area (TPSA) is 59.2 Å². The summed E-state index contributed by atoms with van der Waals surface area (Å²) in [6.45, 7) is 4.89. The minimum absolute atomic E-state index is 0.0901. The predicted octanol–water partition coefficient (Wildman–Crippen LogP) is 1.74. The third-order valence-electron chi connectivity index (χ3n) is 3.82. The first-order valence-electron chi connectivity index (χ1n) is 6.94. The maximum absolute atomic E-state index is 12.3. The van der Waals surface area contributed by atoms with E-state index in [9.17, 15) is 4.79 Å². The lowest BCUT2D eigenvalue weighted by atomic mass is 10.00. The van der Waals surface area contributed by atoms with E-state index < -0.39 is 0 Å². The molecule has 0 saturated carbocycles. The molecular weight excluding hydrogens is 238 g/mol. The molecule has 1 aromatic rings. The number of carbonyl (C=O) groups excluding carboxylic acids is 1. The highest BCUT2D eigenvalue weighted by molar-refractivity contribution is 5.77. The predicted molar refractivity (Wildman–Crippen MR) is 75.6 cm³/mol. The first-order chi connectivity index (χ1) is 8.99. The number of amides is 1. The highest BCUT2D eigenvalue weighted by Gasteiger charge is 2.39. The number of likely N-dealkylation sites (tertiary alicyclic amines) is 1. The number of pyridine rings is 1. The van der Waals surface area contributed by atoms with E-state index >= 15 is 0 Å². The van der Waals surface area contributed by atoms with Gasteiger partial charge in [0.05, 0.1) is 0 Å². The molecule has 0 spiro atoms. The van der Waals surface area contributed by atoms with Crippen LogP contribution in [0.1, 0.15) is 38.7 Å². The largest absolute Gasteiger partial charge is 0.336 e. The van der Waals surface area contributed by atoms with Gasteiger partial charge in [-0.25, -0.2) is 0 Å². The summed E-state index contributed by atoms with van der Waals surface area (Å²) in [5, 5.41) is 0. The molecule has 1 aromatic heterocycles. The molecule has 4 nitrogen and oxygen atoms in total. The average Bonchev–Trinajstić information content (AvgIpc) is 2.64. The Morgan fingerprint density at radius 2 is 2.16 bits per heavy atom. The molecular formula is C15H23N3O. The maximum atomic E-state index is 12.3. The fourth-order valence-electron chi connectivity index (χ4n) is 2.87. The standard InChI is InChI=1S/C15H23N3O/c1-15(2)10-13(16)11-18(15)14(19)5-3-4-12-6-8-17-9-7-12/h6-9,13H,3-5,10-11,16H2,1-2H3. The summed E-state index contributed by atoms with van der Waals surface area (Å²) in [6, 6.07) is 4.12. The molecule has 1 aliphatic rings. The zero-order chi connectivity index (χ0) is 13.9. The smallest absolute Gasteiger partial charge is 0.223 e. The van der Waals surface area contributed by atoms with Crippen LogP contribution < -0.4 is 5.73 Å². The lowest BCUT2D eigenvalue weighted by Gasteiger charge is -2.31. The fourth-order valence-corrected chi connectivity index (χ4v) is 2.87. The van der Waals surface area contributed by atoms with Crippen molar-refractivity contribution in [3.05, 3.63) is 30.1 Å². The molecule has 1 fully saturated rings. The van der Waals surface area contributed by atoms with E-state index in [1.54, 1.807) is 12.4 Å². The van der Waals surface area contributed by atoms with Crippen molar-refractivity contribution in [2.45, 2.75) is 51.1 Å². The van der Waals surface area contributed by atoms with E-state index in [-0.39, 0.29) is 17.5 Å². The van der Waals surface area contributed by atoms with Crippen LogP contribution in [0.3, 0.4) is 0 Å². The fraction of sp³-hybridized carbons (Fsp3) is 0.600. The summed E-state index contributed by atoms with van der Waals surface area (Å²) < 4.78 is 0. The van der Waals surface area contributed by atoms with Crippen LogP contribution >= 0.6 is 0 Å². The zero-order valence-corrected chi connectivity index (χ0v) is 11.8. The van der Waals surface area contributed by atoms with Crippen LogP contribution in [0.25, 0.3) is 0 Å². The van der Waals surface area contributed by atoms with Crippen LogP contribution in [-0.2, 0) is 11.2 Å². The van der Waals surface area contributed by atoms with Gasteiger partial charge in [-0.15, -0.1) is 0 Å². The zero-order valence-electron chi connectivity index (χ0n) is 11.8. The normalized spacial score (nSPS) is 21.6. The van der Waals surface area contributed by atoms with Crippen LogP contribution in [0, 0.1) is 0 Å². The van der Waals surface area contributed by atoms with Crippen LogP contribution in [0.2, 0.25) is 0 Å². The van der Waals surface area contributed by atoms with Crippen LogP contribution in [-0.4, -0.2) is 33.9 Å². The van der Waals surface area contributed by atoms with E-state index in [0.717, 1.165) is 19.3 Å². The Morgan fingerprint density at radius 3 is 2.74 bits per heavy atom.